The van der Waals surface area contributed by atoms with Gasteiger partial charge in [0.2, 0.25) is 11.8 Å². The summed E-state index contributed by atoms with van der Waals surface area (Å²) in [5.74, 6) is -0.645. The van der Waals surface area contributed by atoms with Crippen molar-refractivity contribution >= 4 is 34.1 Å². The summed E-state index contributed by atoms with van der Waals surface area (Å²) in [4.78, 5) is 47.8. The van der Waals surface area contributed by atoms with E-state index in [-0.39, 0.29) is 47.7 Å². The minimum Gasteiger partial charge on any atom is -0.493 e. The SMILES string of the molecule is O=C1CCC(Nc2ccc(N3CCC(N4CCC(COc5cc(F)c6c(=O)[nH]c(COC7CCOCC7)nc6c5)CC4)CC3)c(F)c2)C(=O)N1. The Hall–Kier alpha value is -4.14. The number of anilines is 2. The number of aromatic nitrogens is 2. The van der Waals surface area contributed by atoms with Crippen molar-refractivity contribution in [2.45, 2.75) is 76.2 Å². The van der Waals surface area contributed by atoms with Crippen LogP contribution in [0.2, 0.25) is 0 Å². The molecule has 0 saturated carbocycles. The molecule has 4 saturated heterocycles. The molecule has 4 aliphatic heterocycles. The molecule has 0 radical (unpaired) electrons. The number of nitrogens with zero attached hydrogens (tertiary/aromatic N) is 3. The molecule has 1 aromatic heterocycles. The second-order valence-corrected chi connectivity index (χ2v) is 13.8. The highest BCUT2D eigenvalue weighted by Crippen LogP contribution is 2.30. The number of carbonyl (C=O) groups is 2. The summed E-state index contributed by atoms with van der Waals surface area (Å²) in [5.41, 5.74) is 0.777. The first-order valence-corrected chi connectivity index (χ1v) is 17.7. The number of benzene rings is 2. The lowest BCUT2D eigenvalue weighted by Gasteiger charge is -2.42. The van der Waals surface area contributed by atoms with Crippen LogP contribution in [0, 0.1) is 17.6 Å². The number of hydrogen-bond acceptors (Lipinski definition) is 10. The summed E-state index contributed by atoms with van der Waals surface area (Å²) in [7, 11) is 0. The molecule has 0 bridgehead atoms. The number of H-pyrrole nitrogens is 1. The molecule has 3 N–H and O–H groups in total. The predicted octanol–water partition coefficient (Wildman–Crippen LogP) is 3.87. The number of likely N-dealkylation sites (tertiary alicyclic amines) is 1. The minimum absolute atomic E-state index is 0.0438. The molecule has 4 fully saturated rings. The number of carbonyl (C=O) groups excluding carboxylic acids is 2. The average Bonchev–Trinajstić information content (AvgIpc) is 3.12. The van der Waals surface area contributed by atoms with Crippen LogP contribution in [0.5, 0.6) is 5.75 Å². The molecule has 7 rings (SSSR count). The third-order valence-electron chi connectivity index (χ3n) is 10.4. The molecule has 1 atom stereocenters. The van der Waals surface area contributed by atoms with E-state index in [1.807, 2.05) is 0 Å². The summed E-state index contributed by atoms with van der Waals surface area (Å²) >= 11 is 0. The highest BCUT2D eigenvalue weighted by molar-refractivity contribution is 6.01. The molecular formula is C36H44F2N6O6. The molecule has 268 valence electrons. The number of halogens is 2. The molecule has 5 heterocycles. The zero-order chi connectivity index (χ0) is 34.6. The number of nitrogens with one attached hydrogen (secondary N) is 3. The molecule has 2 aromatic carbocycles. The summed E-state index contributed by atoms with van der Waals surface area (Å²) in [6.45, 7) is 5.25. The maximum Gasteiger partial charge on any atom is 0.261 e. The van der Waals surface area contributed by atoms with Gasteiger partial charge in [-0.15, -0.1) is 0 Å². The van der Waals surface area contributed by atoms with Gasteiger partial charge in [0.15, 0.2) is 0 Å². The topological polar surface area (TPSA) is 138 Å². The third kappa shape index (κ3) is 8.08. The zero-order valence-electron chi connectivity index (χ0n) is 28.1. The van der Waals surface area contributed by atoms with E-state index in [4.69, 9.17) is 14.2 Å². The molecule has 14 heteroatoms. The first-order valence-electron chi connectivity index (χ1n) is 17.7. The summed E-state index contributed by atoms with van der Waals surface area (Å²) < 4.78 is 47.4. The Bertz CT molecular complexity index is 1750. The van der Waals surface area contributed by atoms with Gasteiger partial charge >= 0.3 is 0 Å². The summed E-state index contributed by atoms with van der Waals surface area (Å²) in [6, 6.07) is 7.70. The number of piperidine rings is 3. The van der Waals surface area contributed by atoms with Crippen molar-refractivity contribution in [2.24, 2.45) is 5.92 Å². The van der Waals surface area contributed by atoms with Crippen LogP contribution in [0.15, 0.2) is 35.1 Å². The second kappa shape index (κ2) is 15.4. The van der Waals surface area contributed by atoms with Crippen molar-refractivity contribution in [3.8, 4) is 5.75 Å². The molecule has 1 unspecified atom stereocenters. The van der Waals surface area contributed by atoms with Gasteiger partial charge in [0.1, 0.15) is 41.2 Å². The third-order valence-corrected chi connectivity index (χ3v) is 10.4. The van der Waals surface area contributed by atoms with Crippen LogP contribution < -0.4 is 25.8 Å². The molecule has 2 amide bonds. The number of rotatable bonds is 10. The largest absolute Gasteiger partial charge is 0.493 e. The number of ether oxygens (including phenoxy) is 3. The molecule has 3 aromatic rings. The lowest BCUT2D eigenvalue weighted by molar-refractivity contribution is -0.133. The van der Waals surface area contributed by atoms with Crippen LogP contribution in [-0.2, 0) is 25.7 Å². The van der Waals surface area contributed by atoms with Crippen LogP contribution in [0.3, 0.4) is 0 Å². The quantitative estimate of drug-likeness (QED) is 0.268. The van der Waals surface area contributed by atoms with Gasteiger partial charge in [-0.25, -0.2) is 13.8 Å². The van der Waals surface area contributed by atoms with Crippen molar-refractivity contribution in [1.29, 1.82) is 0 Å². The Labute approximate surface area is 288 Å². The van der Waals surface area contributed by atoms with E-state index in [1.165, 1.54) is 12.1 Å². The summed E-state index contributed by atoms with van der Waals surface area (Å²) in [5, 5.41) is 5.27. The van der Waals surface area contributed by atoms with Crippen molar-refractivity contribution < 1.29 is 32.6 Å². The zero-order valence-corrected chi connectivity index (χ0v) is 28.1. The first-order chi connectivity index (χ1) is 24.3. The fourth-order valence-electron chi connectivity index (χ4n) is 7.50. The smallest absolute Gasteiger partial charge is 0.261 e. The standard InChI is InChI=1S/C36H44F2N6O6/c37-27-17-23(39-29-2-4-33(45)42-35(29)46)1-3-31(27)44-13-7-24(8-14-44)43-11-5-22(6-12-43)20-49-26-18-28(38)34-30(19-26)40-32(41-36(34)47)21-50-25-9-15-48-16-10-25/h1,3,17-19,22,24-25,29,39H,2,4-16,20-21H2,(H,40,41,47)(H,42,45,46). The predicted molar refractivity (Wildman–Crippen MR) is 182 cm³/mol. The first kappa shape index (κ1) is 34.3. The number of amides is 2. The Morgan fingerprint density at radius 1 is 0.920 bits per heavy atom. The van der Waals surface area contributed by atoms with Gasteiger partial charge in [-0.2, -0.15) is 0 Å². The van der Waals surface area contributed by atoms with E-state index in [1.54, 1.807) is 18.2 Å². The van der Waals surface area contributed by atoms with Gasteiger partial charge in [0.05, 0.1) is 23.9 Å². The maximum absolute atomic E-state index is 15.2. The molecule has 0 spiro atoms. The van der Waals surface area contributed by atoms with E-state index >= 15 is 4.39 Å². The lowest BCUT2D eigenvalue weighted by Crippen LogP contribution is -2.48. The minimum atomic E-state index is -0.663. The van der Waals surface area contributed by atoms with Gasteiger partial charge in [0.25, 0.3) is 5.56 Å². The van der Waals surface area contributed by atoms with Crippen molar-refractivity contribution in [3.05, 3.63) is 58.1 Å². The highest BCUT2D eigenvalue weighted by atomic mass is 19.1. The van der Waals surface area contributed by atoms with Gasteiger partial charge in [0, 0.05) is 56.6 Å². The van der Waals surface area contributed by atoms with Gasteiger partial charge in [-0.3, -0.25) is 19.7 Å². The van der Waals surface area contributed by atoms with Crippen molar-refractivity contribution in [3.63, 3.8) is 0 Å². The van der Waals surface area contributed by atoms with Crippen LogP contribution in [0.25, 0.3) is 10.9 Å². The molecule has 4 aliphatic rings. The molecular weight excluding hydrogens is 650 g/mol. The Morgan fingerprint density at radius 3 is 2.44 bits per heavy atom. The van der Waals surface area contributed by atoms with Gasteiger partial charge in [-0.05, 0) is 82.2 Å². The monoisotopic (exact) mass is 694 g/mol. The number of hydrogen-bond donors (Lipinski definition) is 3. The fraction of sp³-hybridized carbons (Fsp3) is 0.556. The number of fused-ring (bicyclic) bond motifs is 1. The van der Waals surface area contributed by atoms with Crippen molar-refractivity contribution in [1.82, 2.24) is 20.2 Å². The average molecular weight is 695 g/mol. The lowest BCUT2D eigenvalue weighted by atomic mass is 9.94. The Kier molecular flexibility index (Phi) is 10.6. The van der Waals surface area contributed by atoms with Crippen LogP contribution >= 0.6 is 0 Å². The molecule has 0 aliphatic carbocycles. The van der Waals surface area contributed by atoms with Crippen LogP contribution in [0.1, 0.15) is 57.2 Å². The molecule has 50 heavy (non-hydrogen) atoms. The normalized spacial score (nSPS) is 21.8. The van der Waals surface area contributed by atoms with Gasteiger partial charge in [-0.1, -0.05) is 0 Å². The number of aromatic amines is 1. The van der Waals surface area contributed by atoms with Crippen LogP contribution in [0.4, 0.5) is 20.2 Å². The second-order valence-electron chi connectivity index (χ2n) is 13.8. The Balaban J connectivity index is 0.868. The highest BCUT2D eigenvalue weighted by Gasteiger charge is 2.30. The van der Waals surface area contributed by atoms with E-state index in [9.17, 15) is 18.8 Å². The number of imide groups is 1. The van der Waals surface area contributed by atoms with E-state index in [0.29, 0.717) is 61.1 Å². The summed E-state index contributed by atoms with van der Waals surface area (Å²) in [6.07, 6.45) is 6.03. The molecule has 12 nitrogen and oxygen atoms in total. The van der Waals surface area contributed by atoms with E-state index in [0.717, 1.165) is 64.7 Å². The van der Waals surface area contributed by atoms with Crippen molar-refractivity contribution in [2.75, 3.05) is 56.2 Å². The fourth-order valence-corrected chi connectivity index (χ4v) is 7.50. The Morgan fingerprint density at radius 2 is 1.70 bits per heavy atom. The van der Waals surface area contributed by atoms with Crippen LogP contribution in [-0.4, -0.2) is 90.9 Å². The van der Waals surface area contributed by atoms with E-state index < -0.39 is 17.4 Å². The van der Waals surface area contributed by atoms with Gasteiger partial charge < -0.3 is 34.3 Å². The van der Waals surface area contributed by atoms with E-state index in [2.05, 4.69) is 30.4 Å². The maximum atomic E-state index is 15.2.